The molecule has 0 bridgehead atoms. The molecule has 1 fully saturated rings. The smallest absolute Gasteiger partial charge is 0.338 e. The van der Waals surface area contributed by atoms with Gasteiger partial charge in [-0.15, -0.1) is 0 Å². The zero-order chi connectivity index (χ0) is 27.7. The Morgan fingerprint density at radius 3 is 2.75 bits per heavy atom. The van der Waals surface area contributed by atoms with E-state index in [4.69, 9.17) is 19.2 Å². The van der Waals surface area contributed by atoms with Crippen LogP contribution in [0.5, 0.6) is 5.75 Å². The predicted molar refractivity (Wildman–Crippen MR) is 152 cm³/mol. The van der Waals surface area contributed by atoms with Crippen LogP contribution in [-0.4, -0.2) is 50.3 Å². The molecule has 2 aliphatic heterocycles. The number of imidazole rings is 1. The van der Waals surface area contributed by atoms with Crippen molar-refractivity contribution in [3.05, 3.63) is 89.0 Å². The summed E-state index contributed by atoms with van der Waals surface area (Å²) in [6, 6.07) is 16.0. The highest BCUT2D eigenvalue weighted by atomic mass is 16.6. The highest BCUT2D eigenvalue weighted by molar-refractivity contribution is 5.94. The summed E-state index contributed by atoms with van der Waals surface area (Å²) in [6.07, 6.45) is 5.78. The van der Waals surface area contributed by atoms with Crippen LogP contribution in [0.1, 0.15) is 60.1 Å². The zero-order valence-corrected chi connectivity index (χ0v) is 23.4. The van der Waals surface area contributed by atoms with E-state index < -0.39 is 5.60 Å². The van der Waals surface area contributed by atoms with Gasteiger partial charge < -0.3 is 18.8 Å². The van der Waals surface area contributed by atoms with Gasteiger partial charge in [-0.3, -0.25) is 9.88 Å². The molecule has 4 heterocycles. The Hall–Kier alpha value is -3.75. The molecule has 1 atom stereocenters. The number of ether oxygens (including phenoxy) is 3. The average Bonchev–Trinajstić information content (AvgIpc) is 3.24. The third-order valence-corrected chi connectivity index (χ3v) is 7.40. The number of benzene rings is 2. The first kappa shape index (κ1) is 26.5. The number of hydrogen-bond donors (Lipinski definition) is 0. The van der Waals surface area contributed by atoms with Crippen molar-refractivity contribution >= 4 is 17.0 Å². The molecule has 40 heavy (non-hydrogen) atoms. The van der Waals surface area contributed by atoms with E-state index in [1.165, 1.54) is 11.1 Å². The fourth-order valence-corrected chi connectivity index (χ4v) is 5.26. The minimum absolute atomic E-state index is 0.169. The van der Waals surface area contributed by atoms with Crippen LogP contribution in [0.15, 0.2) is 60.9 Å². The molecule has 0 radical (unpaired) electrons. The highest BCUT2D eigenvalue weighted by Crippen LogP contribution is 2.28. The van der Waals surface area contributed by atoms with Gasteiger partial charge in [0.1, 0.15) is 23.8 Å². The van der Waals surface area contributed by atoms with Crippen molar-refractivity contribution in [3.63, 3.8) is 0 Å². The van der Waals surface area contributed by atoms with Crippen LogP contribution in [0.25, 0.3) is 11.0 Å². The summed E-state index contributed by atoms with van der Waals surface area (Å²) < 4.78 is 19.7. The van der Waals surface area contributed by atoms with Crippen LogP contribution in [0.2, 0.25) is 0 Å². The van der Waals surface area contributed by atoms with E-state index in [9.17, 15) is 4.79 Å². The summed E-state index contributed by atoms with van der Waals surface area (Å²) in [4.78, 5) is 24.4. The number of esters is 1. The first-order valence-corrected chi connectivity index (χ1v) is 14.0. The third-order valence-electron chi connectivity index (χ3n) is 7.40. The molecule has 8 heteroatoms. The standard InChI is InChI=1S/C32H36N4O4/c1-32(2,3)40-31(37)24-7-9-28-29(16-24)36(19-27-11-14-38-27)30(34-28)20-35-13-10-23-6-8-26(15-25(23)18-35)39-21-22-5-4-12-33-17-22/h4-9,12,15-17,27H,10-11,13-14,18-21H2,1-3H3/t27-/m0/s1. The lowest BCUT2D eigenvalue weighted by molar-refractivity contribution is -0.0592. The molecule has 8 nitrogen and oxygen atoms in total. The number of aromatic nitrogens is 3. The van der Waals surface area contributed by atoms with E-state index in [1.807, 2.05) is 57.3 Å². The minimum atomic E-state index is -0.550. The first-order valence-electron chi connectivity index (χ1n) is 14.0. The van der Waals surface area contributed by atoms with Gasteiger partial charge in [0.25, 0.3) is 0 Å². The van der Waals surface area contributed by atoms with Crippen LogP contribution in [0.3, 0.4) is 0 Å². The second-order valence-electron chi connectivity index (χ2n) is 11.7. The summed E-state index contributed by atoms with van der Waals surface area (Å²) in [5, 5.41) is 0. The molecule has 0 aliphatic carbocycles. The van der Waals surface area contributed by atoms with E-state index in [1.54, 1.807) is 6.20 Å². The number of carbonyl (C=O) groups is 1. The lowest BCUT2D eigenvalue weighted by Crippen LogP contribution is -2.34. The van der Waals surface area contributed by atoms with Crippen molar-refractivity contribution in [2.45, 2.75) is 71.6 Å². The Bertz CT molecular complexity index is 1500. The maximum atomic E-state index is 12.8. The van der Waals surface area contributed by atoms with Crippen LogP contribution in [0.4, 0.5) is 0 Å². The molecule has 0 saturated carbocycles. The van der Waals surface area contributed by atoms with Gasteiger partial charge in [-0.2, -0.15) is 0 Å². The van der Waals surface area contributed by atoms with E-state index in [0.29, 0.717) is 18.7 Å². The fraction of sp³-hybridized carbons (Fsp3) is 0.406. The Morgan fingerprint density at radius 1 is 1.12 bits per heavy atom. The number of hydrogen-bond acceptors (Lipinski definition) is 7. The summed E-state index contributed by atoms with van der Waals surface area (Å²) in [5.41, 5.74) is 5.50. The van der Waals surface area contributed by atoms with Gasteiger partial charge in [0, 0.05) is 37.7 Å². The van der Waals surface area contributed by atoms with Crippen molar-refractivity contribution in [3.8, 4) is 5.75 Å². The van der Waals surface area contributed by atoms with E-state index >= 15 is 0 Å². The summed E-state index contributed by atoms with van der Waals surface area (Å²) in [7, 11) is 0. The van der Waals surface area contributed by atoms with Crippen LogP contribution in [0, 0.1) is 0 Å². The molecular formula is C32H36N4O4. The number of rotatable bonds is 8. The monoisotopic (exact) mass is 540 g/mol. The quantitative estimate of drug-likeness (QED) is 0.280. The van der Waals surface area contributed by atoms with Gasteiger partial charge in [0.05, 0.1) is 35.8 Å². The Labute approximate surface area is 234 Å². The van der Waals surface area contributed by atoms with Gasteiger partial charge in [-0.05, 0) is 81.1 Å². The third kappa shape index (κ3) is 6.03. The second-order valence-corrected chi connectivity index (χ2v) is 11.7. The number of fused-ring (bicyclic) bond motifs is 2. The van der Waals surface area contributed by atoms with Crippen molar-refractivity contribution in [1.29, 1.82) is 0 Å². The molecule has 0 amide bonds. The molecule has 6 rings (SSSR count). The molecule has 2 aromatic heterocycles. The Morgan fingerprint density at radius 2 is 2.00 bits per heavy atom. The molecule has 208 valence electrons. The highest BCUT2D eigenvalue weighted by Gasteiger charge is 2.25. The SMILES string of the molecule is CC(C)(C)OC(=O)c1ccc2nc(CN3CCc4ccc(OCc5cccnc5)cc4C3)n(C[C@@H]3CCO3)c2c1. The summed E-state index contributed by atoms with van der Waals surface area (Å²) >= 11 is 0. The fourth-order valence-electron chi connectivity index (χ4n) is 5.26. The summed E-state index contributed by atoms with van der Waals surface area (Å²) in [5.74, 6) is 1.53. The van der Waals surface area contributed by atoms with Crippen molar-refractivity contribution in [2.24, 2.45) is 0 Å². The molecule has 2 aliphatic rings. The predicted octanol–water partition coefficient (Wildman–Crippen LogP) is 5.31. The number of pyridine rings is 1. The molecule has 2 aromatic carbocycles. The van der Waals surface area contributed by atoms with E-state index in [0.717, 1.165) is 67.3 Å². The number of nitrogens with zero attached hydrogens (tertiary/aromatic N) is 4. The van der Waals surface area contributed by atoms with Gasteiger partial charge in [-0.1, -0.05) is 12.1 Å². The molecule has 0 spiro atoms. The maximum Gasteiger partial charge on any atom is 0.338 e. The zero-order valence-electron chi connectivity index (χ0n) is 23.4. The topological polar surface area (TPSA) is 78.7 Å². The largest absolute Gasteiger partial charge is 0.489 e. The lowest BCUT2D eigenvalue weighted by atomic mass is 9.99. The van der Waals surface area contributed by atoms with Gasteiger partial charge in [0.15, 0.2) is 0 Å². The number of carbonyl (C=O) groups excluding carboxylic acids is 1. The van der Waals surface area contributed by atoms with Crippen LogP contribution in [-0.2, 0) is 42.1 Å². The molecule has 0 unspecified atom stereocenters. The van der Waals surface area contributed by atoms with E-state index in [-0.39, 0.29) is 12.1 Å². The molecule has 1 saturated heterocycles. The molecule has 4 aromatic rings. The second kappa shape index (κ2) is 11.0. The van der Waals surface area contributed by atoms with Crippen LogP contribution < -0.4 is 4.74 Å². The first-order chi connectivity index (χ1) is 19.3. The maximum absolute atomic E-state index is 12.8. The normalized spacial score (nSPS) is 17.3. The van der Waals surface area contributed by atoms with Gasteiger partial charge >= 0.3 is 5.97 Å². The average molecular weight is 541 g/mol. The minimum Gasteiger partial charge on any atom is -0.489 e. The van der Waals surface area contributed by atoms with Crippen molar-refractivity contribution in [2.75, 3.05) is 13.2 Å². The van der Waals surface area contributed by atoms with Gasteiger partial charge in [0.2, 0.25) is 0 Å². The van der Waals surface area contributed by atoms with Gasteiger partial charge in [-0.25, -0.2) is 9.78 Å². The lowest BCUT2D eigenvalue weighted by Gasteiger charge is -2.30. The Kier molecular flexibility index (Phi) is 7.29. The summed E-state index contributed by atoms with van der Waals surface area (Å²) in [6.45, 7) is 10.1. The Balaban J connectivity index is 1.21. The van der Waals surface area contributed by atoms with E-state index in [2.05, 4.69) is 32.7 Å². The van der Waals surface area contributed by atoms with Crippen molar-refractivity contribution < 1.29 is 19.0 Å². The van der Waals surface area contributed by atoms with Crippen molar-refractivity contribution in [1.82, 2.24) is 19.4 Å². The molecule has 0 N–H and O–H groups in total. The molecular weight excluding hydrogens is 504 g/mol. The van der Waals surface area contributed by atoms with Crippen LogP contribution >= 0.6 is 0 Å².